The summed E-state index contributed by atoms with van der Waals surface area (Å²) in [5.41, 5.74) is 3.26. The van der Waals surface area contributed by atoms with Crippen molar-refractivity contribution in [3.8, 4) is 0 Å². The van der Waals surface area contributed by atoms with Crippen LogP contribution in [0.2, 0.25) is 5.02 Å². The number of methoxy groups -OCH3 is 1. The molecule has 0 radical (unpaired) electrons. The standard InChI is InChI=1S/C22H21ClN2O5/c1-14(26)30-13-20-11-17(22(27)29-6-5-28-2)10-19(25-20)8-15-3-4-21-16(7-15)9-18(23)12-24-21/h3-4,7,9-12H,5-6,8,13H2,1-2H3. The predicted octanol–water partition coefficient (Wildman–Crippen LogP) is 3.74. The first-order valence-corrected chi connectivity index (χ1v) is 9.66. The molecule has 0 unspecified atom stereocenters. The lowest BCUT2D eigenvalue weighted by atomic mass is 10.0. The van der Waals surface area contributed by atoms with Gasteiger partial charge in [0.15, 0.2) is 0 Å². The van der Waals surface area contributed by atoms with Crippen molar-refractivity contribution in [3.63, 3.8) is 0 Å². The second-order valence-corrected chi connectivity index (χ2v) is 7.04. The molecule has 0 amide bonds. The Morgan fingerprint density at radius 1 is 1.03 bits per heavy atom. The molecule has 156 valence electrons. The van der Waals surface area contributed by atoms with Gasteiger partial charge in [0, 0.05) is 37.7 Å². The minimum Gasteiger partial charge on any atom is -0.460 e. The third kappa shape index (κ3) is 5.98. The van der Waals surface area contributed by atoms with Gasteiger partial charge in [0.25, 0.3) is 0 Å². The number of benzene rings is 1. The van der Waals surface area contributed by atoms with E-state index >= 15 is 0 Å². The number of fused-ring (bicyclic) bond motifs is 1. The zero-order chi connectivity index (χ0) is 21.5. The lowest BCUT2D eigenvalue weighted by Gasteiger charge is -2.10. The number of halogens is 1. The summed E-state index contributed by atoms with van der Waals surface area (Å²) in [5.74, 6) is -0.917. The Balaban J connectivity index is 1.87. The number of hydrogen-bond acceptors (Lipinski definition) is 7. The Bertz CT molecular complexity index is 1070. The maximum Gasteiger partial charge on any atom is 0.338 e. The summed E-state index contributed by atoms with van der Waals surface area (Å²) in [7, 11) is 1.53. The van der Waals surface area contributed by atoms with Gasteiger partial charge in [-0.25, -0.2) is 4.79 Å². The normalized spacial score (nSPS) is 10.8. The Kier molecular flexibility index (Phi) is 7.32. The molecule has 0 saturated heterocycles. The summed E-state index contributed by atoms with van der Waals surface area (Å²) >= 11 is 6.04. The number of hydrogen-bond donors (Lipinski definition) is 0. The van der Waals surface area contributed by atoms with E-state index in [2.05, 4.69) is 9.97 Å². The highest BCUT2D eigenvalue weighted by atomic mass is 35.5. The minimum absolute atomic E-state index is 0.0290. The van der Waals surface area contributed by atoms with Crippen molar-refractivity contribution >= 4 is 34.4 Å². The molecule has 3 rings (SSSR count). The third-order valence-corrected chi connectivity index (χ3v) is 4.42. The molecule has 0 bridgehead atoms. The lowest BCUT2D eigenvalue weighted by molar-refractivity contribution is -0.142. The molecule has 0 aliphatic carbocycles. The van der Waals surface area contributed by atoms with Gasteiger partial charge < -0.3 is 14.2 Å². The molecule has 0 spiro atoms. The highest BCUT2D eigenvalue weighted by Gasteiger charge is 2.13. The fourth-order valence-corrected chi connectivity index (χ4v) is 3.05. The van der Waals surface area contributed by atoms with Crippen molar-refractivity contribution in [1.29, 1.82) is 0 Å². The maximum absolute atomic E-state index is 12.4. The average molecular weight is 429 g/mol. The molecular formula is C22H21ClN2O5. The Morgan fingerprint density at radius 2 is 1.83 bits per heavy atom. The topological polar surface area (TPSA) is 87.6 Å². The fraction of sp³-hybridized carbons (Fsp3) is 0.273. The lowest BCUT2D eigenvalue weighted by Crippen LogP contribution is -2.12. The molecule has 30 heavy (non-hydrogen) atoms. The van der Waals surface area contributed by atoms with Crippen LogP contribution in [-0.4, -0.2) is 42.2 Å². The average Bonchev–Trinajstić information content (AvgIpc) is 2.72. The van der Waals surface area contributed by atoms with Crippen molar-refractivity contribution in [2.45, 2.75) is 20.0 Å². The van der Waals surface area contributed by atoms with Gasteiger partial charge in [-0.05, 0) is 35.9 Å². The smallest absolute Gasteiger partial charge is 0.338 e. The molecule has 0 N–H and O–H groups in total. The van der Waals surface area contributed by atoms with Gasteiger partial charge in [-0.1, -0.05) is 17.7 Å². The number of carbonyl (C=O) groups is 2. The van der Waals surface area contributed by atoms with E-state index in [1.54, 1.807) is 18.3 Å². The molecule has 0 aliphatic heterocycles. The van der Waals surface area contributed by atoms with E-state index in [4.69, 9.17) is 25.8 Å². The maximum atomic E-state index is 12.4. The fourth-order valence-electron chi connectivity index (χ4n) is 2.88. The molecule has 0 atom stereocenters. The number of nitrogens with zero attached hydrogens (tertiary/aromatic N) is 2. The van der Waals surface area contributed by atoms with Crippen LogP contribution in [0.5, 0.6) is 0 Å². The predicted molar refractivity (Wildman–Crippen MR) is 111 cm³/mol. The molecule has 2 aromatic heterocycles. The number of carbonyl (C=O) groups excluding carboxylic acids is 2. The first-order valence-electron chi connectivity index (χ1n) is 9.28. The molecule has 2 heterocycles. The first kappa shape index (κ1) is 21.7. The van der Waals surface area contributed by atoms with Crippen LogP contribution in [0.25, 0.3) is 10.9 Å². The van der Waals surface area contributed by atoms with Crippen LogP contribution in [-0.2, 0) is 32.0 Å². The van der Waals surface area contributed by atoms with Crippen molar-refractivity contribution < 1.29 is 23.8 Å². The van der Waals surface area contributed by atoms with E-state index in [-0.39, 0.29) is 13.2 Å². The summed E-state index contributed by atoms with van der Waals surface area (Å²) in [6, 6.07) is 10.9. The summed E-state index contributed by atoms with van der Waals surface area (Å²) in [5, 5.41) is 1.47. The molecule has 1 aromatic carbocycles. The van der Waals surface area contributed by atoms with Gasteiger partial charge in [-0.2, -0.15) is 0 Å². The Hall–Kier alpha value is -3.03. The van der Waals surface area contributed by atoms with E-state index < -0.39 is 11.9 Å². The second kappa shape index (κ2) is 10.1. The van der Waals surface area contributed by atoms with Gasteiger partial charge in [-0.3, -0.25) is 14.8 Å². The van der Waals surface area contributed by atoms with E-state index in [0.29, 0.717) is 35.0 Å². The van der Waals surface area contributed by atoms with Crippen molar-refractivity contribution in [2.24, 2.45) is 0 Å². The zero-order valence-electron chi connectivity index (χ0n) is 16.7. The molecule has 0 aliphatic rings. The summed E-state index contributed by atoms with van der Waals surface area (Å²) < 4.78 is 15.1. The van der Waals surface area contributed by atoms with Crippen molar-refractivity contribution in [1.82, 2.24) is 9.97 Å². The SMILES string of the molecule is COCCOC(=O)c1cc(COC(C)=O)nc(Cc2ccc3ncc(Cl)cc3c2)c1. The summed E-state index contributed by atoms with van der Waals surface area (Å²) in [6.45, 7) is 1.74. The van der Waals surface area contributed by atoms with E-state index in [9.17, 15) is 9.59 Å². The molecule has 3 aromatic rings. The number of ether oxygens (including phenoxy) is 3. The monoisotopic (exact) mass is 428 g/mol. The largest absolute Gasteiger partial charge is 0.460 e. The molecule has 0 saturated carbocycles. The molecule has 8 heteroatoms. The van der Waals surface area contributed by atoms with Gasteiger partial charge in [0.1, 0.15) is 13.2 Å². The molecule has 0 fully saturated rings. The van der Waals surface area contributed by atoms with Crippen LogP contribution in [0.15, 0.2) is 42.6 Å². The summed E-state index contributed by atoms with van der Waals surface area (Å²) in [4.78, 5) is 32.4. The number of rotatable bonds is 8. The quantitative estimate of drug-likeness (QED) is 0.399. The Labute approximate surface area is 178 Å². The van der Waals surface area contributed by atoms with Crippen LogP contribution >= 0.6 is 11.6 Å². The van der Waals surface area contributed by atoms with Crippen LogP contribution in [0.1, 0.15) is 34.2 Å². The van der Waals surface area contributed by atoms with Crippen LogP contribution in [0.4, 0.5) is 0 Å². The van der Waals surface area contributed by atoms with E-state index in [0.717, 1.165) is 16.5 Å². The first-order chi connectivity index (χ1) is 14.4. The van der Waals surface area contributed by atoms with Gasteiger partial charge in [0.2, 0.25) is 0 Å². The highest BCUT2D eigenvalue weighted by Crippen LogP contribution is 2.20. The number of aromatic nitrogens is 2. The number of pyridine rings is 2. The Morgan fingerprint density at radius 3 is 2.60 bits per heavy atom. The van der Waals surface area contributed by atoms with Gasteiger partial charge in [-0.15, -0.1) is 0 Å². The highest BCUT2D eigenvalue weighted by molar-refractivity contribution is 6.31. The zero-order valence-corrected chi connectivity index (χ0v) is 17.4. The minimum atomic E-state index is -0.491. The number of esters is 2. The molecule has 7 nitrogen and oxygen atoms in total. The third-order valence-electron chi connectivity index (χ3n) is 4.21. The summed E-state index contributed by atoms with van der Waals surface area (Å²) in [6.07, 6.45) is 2.07. The van der Waals surface area contributed by atoms with Crippen molar-refractivity contribution in [2.75, 3.05) is 20.3 Å². The van der Waals surface area contributed by atoms with Crippen LogP contribution in [0.3, 0.4) is 0 Å². The van der Waals surface area contributed by atoms with E-state index in [1.807, 2.05) is 24.3 Å². The van der Waals surface area contributed by atoms with Crippen LogP contribution < -0.4 is 0 Å². The van der Waals surface area contributed by atoms with Crippen molar-refractivity contribution in [3.05, 3.63) is 70.1 Å². The van der Waals surface area contributed by atoms with Gasteiger partial charge in [0.05, 0.1) is 28.4 Å². The second-order valence-electron chi connectivity index (χ2n) is 6.60. The van der Waals surface area contributed by atoms with Gasteiger partial charge >= 0.3 is 11.9 Å². The van der Waals surface area contributed by atoms with Crippen LogP contribution in [0, 0.1) is 0 Å². The molecular weight excluding hydrogens is 408 g/mol. The van der Waals surface area contributed by atoms with E-state index in [1.165, 1.54) is 14.0 Å².